The summed E-state index contributed by atoms with van der Waals surface area (Å²) in [6.07, 6.45) is 3.89. The van der Waals surface area contributed by atoms with Crippen LogP contribution in [-0.2, 0) is 18.4 Å². The van der Waals surface area contributed by atoms with Crippen molar-refractivity contribution in [3.63, 3.8) is 0 Å². The number of piperidine rings is 1. The number of thiocarbonyl (C=S) groups is 1. The zero-order valence-corrected chi connectivity index (χ0v) is 22.1. The third kappa shape index (κ3) is 4.53. The summed E-state index contributed by atoms with van der Waals surface area (Å²) in [4.78, 5) is 31.3. The van der Waals surface area contributed by atoms with Crippen molar-refractivity contribution in [1.29, 1.82) is 0 Å². The molecule has 0 unspecified atom stereocenters. The Morgan fingerprint density at radius 3 is 2.51 bits per heavy atom. The molecule has 2 fully saturated rings. The van der Waals surface area contributed by atoms with Crippen molar-refractivity contribution in [2.45, 2.75) is 26.3 Å². The molecule has 35 heavy (non-hydrogen) atoms. The maximum Gasteiger partial charge on any atom is 0.266 e. The summed E-state index contributed by atoms with van der Waals surface area (Å²) in [6, 6.07) is 15.4. The highest BCUT2D eigenvalue weighted by molar-refractivity contribution is 8.26. The van der Waals surface area contributed by atoms with Crippen LogP contribution in [0.4, 0.5) is 5.69 Å². The maximum absolute atomic E-state index is 13.6. The normalized spacial score (nSPS) is 18.3. The molecule has 3 aromatic rings. The van der Waals surface area contributed by atoms with Crippen LogP contribution in [0.2, 0.25) is 5.02 Å². The number of thioether (sulfide) groups is 1. The van der Waals surface area contributed by atoms with Gasteiger partial charge in [-0.3, -0.25) is 14.5 Å². The number of fused-ring (bicyclic) bond motifs is 1. The summed E-state index contributed by atoms with van der Waals surface area (Å²) in [6.45, 7) is 4.33. The summed E-state index contributed by atoms with van der Waals surface area (Å²) < 4.78 is 2.13. The number of pyridine rings is 1. The number of aryl methyl sites for hydroxylation is 1. The van der Waals surface area contributed by atoms with E-state index >= 15 is 0 Å². The smallest absolute Gasteiger partial charge is 0.266 e. The number of halogens is 1. The van der Waals surface area contributed by atoms with Crippen LogP contribution >= 0.6 is 35.6 Å². The highest BCUT2D eigenvalue weighted by atomic mass is 35.5. The SMILES string of the molecule is CC1CCN(c2c(C=C3SC(=S)N(Cc4ccccc4Cl)C3=O)c(=O)n(C)c3ccccc23)CC1. The van der Waals surface area contributed by atoms with Crippen molar-refractivity contribution in [3.8, 4) is 0 Å². The number of carbonyl (C=O) groups excluding carboxylic acids is 1. The number of amides is 1. The molecule has 0 N–H and O–H groups in total. The van der Waals surface area contributed by atoms with E-state index in [1.165, 1.54) is 11.8 Å². The van der Waals surface area contributed by atoms with Gasteiger partial charge >= 0.3 is 0 Å². The van der Waals surface area contributed by atoms with E-state index in [0.717, 1.165) is 48.1 Å². The standard InChI is InChI=1S/C27H26ClN3O2S2/c1-17-11-13-30(14-12-17)24-19-8-4-6-10-22(19)29(2)25(32)20(24)15-23-26(33)31(27(34)35-23)16-18-7-3-5-9-21(18)28/h3-10,15,17H,11-14,16H2,1-2H3. The van der Waals surface area contributed by atoms with Gasteiger partial charge in [0.2, 0.25) is 0 Å². The molecule has 3 heterocycles. The average Bonchev–Trinajstić information content (AvgIpc) is 3.12. The first kappa shape index (κ1) is 24.1. The van der Waals surface area contributed by atoms with Crippen LogP contribution in [0.1, 0.15) is 30.9 Å². The Morgan fingerprint density at radius 2 is 1.77 bits per heavy atom. The fourth-order valence-electron chi connectivity index (χ4n) is 4.77. The molecule has 0 aliphatic carbocycles. The highest BCUT2D eigenvalue weighted by Crippen LogP contribution is 2.38. The second kappa shape index (κ2) is 9.80. The van der Waals surface area contributed by atoms with Gasteiger partial charge in [-0.2, -0.15) is 0 Å². The van der Waals surface area contributed by atoms with E-state index in [2.05, 4.69) is 17.9 Å². The zero-order chi connectivity index (χ0) is 24.7. The van der Waals surface area contributed by atoms with Crippen LogP contribution in [-0.4, -0.2) is 32.8 Å². The Balaban J connectivity index is 1.60. The van der Waals surface area contributed by atoms with E-state index in [1.54, 1.807) is 28.7 Å². The number of aromatic nitrogens is 1. The van der Waals surface area contributed by atoms with Gasteiger partial charge in [-0.1, -0.05) is 78.9 Å². The molecule has 0 atom stereocenters. The highest BCUT2D eigenvalue weighted by Gasteiger charge is 2.33. The molecule has 1 aromatic heterocycles. The minimum absolute atomic E-state index is 0.117. The van der Waals surface area contributed by atoms with Gasteiger partial charge in [0, 0.05) is 30.5 Å². The van der Waals surface area contributed by atoms with Crippen molar-refractivity contribution >= 4 is 68.5 Å². The number of hydrogen-bond donors (Lipinski definition) is 0. The molecule has 0 saturated carbocycles. The Labute approximate surface area is 219 Å². The predicted molar refractivity (Wildman–Crippen MR) is 150 cm³/mol. The van der Waals surface area contributed by atoms with Crippen LogP contribution < -0.4 is 10.5 Å². The van der Waals surface area contributed by atoms with E-state index < -0.39 is 0 Å². The number of hydrogen-bond acceptors (Lipinski definition) is 5. The van der Waals surface area contributed by atoms with Gasteiger partial charge < -0.3 is 9.47 Å². The molecule has 2 saturated heterocycles. The number of benzene rings is 2. The van der Waals surface area contributed by atoms with Crippen LogP contribution in [0.3, 0.4) is 0 Å². The molecule has 2 aliphatic rings. The van der Waals surface area contributed by atoms with Gasteiger partial charge in [0.15, 0.2) is 0 Å². The Kier molecular flexibility index (Phi) is 6.75. The fraction of sp³-hybridized carbons (Fsp3) is 0.296. The molecule has 2 aliphatic heterocycles. The lowest BCUT2D eigenvalue weighted by Gasteiger charge is -2.34. The Bertz CT molecular complexity index is 1420. The Morgan fingerprint density at radius 1 is 1.09 bits per heavy atom. The molecule has 2 aromatic carbocycles. The lowest BCUT2D eigenvalue weighted by Crippen LogP contribution is -2.35. The first-order valence-corrected chi connectivity index (χ1v) is 13.3. The lowest BCUT2D eigenvalue weighted by molar-refractivity contribution is -0.122. The lowest BCUT2D eigenvalue weighted by atomic mass is 9.97. The number of carbonyl (C=O) groups is 1. The summed E-state index contributed by atoms with van der Waals surface area (Å²) in [5, 5.41) is 1.61. The third-order valence-electron chi connectivity index (χ3n) is 6.85. The second-order valence-electron chi connectivity index (χ2n) is 9.17. The van der Waals surface area contributed by atoms with E-state index in [0.29, 0.717) is 32.3 Å². The van der Waals surface area contributed by atoms with Gasteiger partial charge in [-0.05, 0) is 42.5 Å². The zero-order valence-electron chi connectivity index (χ0n) is 19.7. The summed E-state index contributed by atoms with van der Waals surface area (Å²) in [5.74, 6) is 0.460. The monoisotopic (exact) mass is 523 g/mol. The van der Waals surface area contributed by atoms with Crippen molar-refractivity contribution in [1.82, 2.24) is 9.47 Å². The van der Waals surface area contributed by atoms with E-state index in [4.69, 9.17) is 23.8 Å². The molecule has 5 nitrogen and oxygen atoms in total. The van der Waals surface area contributed by atoms with Gasteiger partial charge in [0.05, 0.1) is 28.2 Å². The molecule has 5 rings (SSSR count). The van der Waals surface area contributed by atoms with E-state index in [9.17, 15) is 9.59 Å². The minimum Gasteiger partial charge on any atom is -0.370 e. The first-order valence-electron chi connectivity index (χ1n) is 11.7. The number of para-hydroxylation sites is 1. The molecule has 180 valence electrons. The predicted octanol–water partition coefficient (Wildman–Crippen LogP) is 5.83. The van der Waals surface area contributed by atoms with Crippen molar-refractivity contribution in [3.05, 3.63) is 79.9 Å². The van der Waals surface area contributed by atoms with Gasteiger partial charge in [-0.25, -0.2) is 0 Å². The van der Waals surface area contributed by atoms with E-state index in [1.807, 2.05) is 36.4 Å². The molecule has 0 radical (unpaired) electrons. The van der Waals surface area contributed by atoms with Crippen LogP contribution in [0.15, 0.2) is 58.2 Å². The summed E-state index contributed by atoms with van der Waals surface area (Å²) in [7, 11) is 1.78. The topological polar surface area (TPSA) is 45.6 Å². The van der Waals surface area contributed by atoms with Crippen molar-refractivity contribution in [2.24, 2.45) is 13.0 Å². The average molecular weight is 524 g/mol. The summed E-state index contributed by atoms with van der Waals surface area (Å²) >= 11 is 13.1. The quantitative estimate of drug-likeness (QED) is 0.318. The van der Waals surface area contributed by atoms with Crippen LogP contribution in [0.5, 0.6) is 0 Å². The third-order valence-corrected chi connectivity index (χ3v) is 8.59. The fourth-order valence-corrected chi connectivity index (χ4v) is 6.20. The second-order valence-corrected chi connectivity index (χ2v) is 11.3. The van der Waals surface area contributed by atoms with Crippen molar-refractivity contribution < 1.29 is 4.79 Å². The molecule has 0 bridgehead atoms. The van der Waals surface area contributed by atoms with Gasteiger partial charge in [0.1, 0.15) is 4.32 Å². The minimum atomic E-state index is -0.201. The molecule has 1 amide bonds. The maximum atomic E-state index is 13.6. The summed E-state index contributed by atoms with van der Waals surface area (Å²) in [5.41, 5.74) is 3.05. The van der Waals surface area contributed by atoms with Crippen LogP contribution in [0.25, 0.3) is 17.0 Å². The Hall–Kier alpha value is -2.61. The van der Waals surface area contributed by atoms with Gasteiger partial charge in [-0.15, -0.1) is 0 Å². The van der Waals surface area contributed by atoms with Crippen molar-refractivity contribution in [2.75, 3.05) is 18.0 Å². The van der Waals surface area contributed by atoms with Crippen LogP contribution in [0, 0.1) is 5.92 Å². The molecule has 0 spiro atoms. The number of anilines is 1. The molecular formula is C27H26ClN3O2S2. The van der Waals surface area contributed by atoms with Gasteiger partial charge in [0.25, 0.3) is 11.5 Å². The number of rotatable bonds is 4. The molecule has 8 heteroatoms. The first-order chi connectivity index (χ1) is 16.8. The van der Waals surface area contributed by atoms with E-state index in [-0.39, 0.29) is 11.5 Å². The molecular weight excluding hydrogens is 498 g/mol. The number of nitrogens with zero attached hydrogens (tertiary/aromatic N) is 3. The largest absolute Gasteiger partial charge is 0.370 e.